The third kappa shape index (κ3) is 3.90. The Morgan fingerprint density at radius 2 is 1.90 bits per heavy atom. The zero-order valence-corrected chi connectivity index (χ0v) is 13.0. The Labute approximate surface area is 126 Å². The lowest BCUT2D eigenvalue weighted by molar-refractivity contribution is 0.864. The highest BCUT2D eigenvalue weighted by Gasteiger charge is 2.13. The van der Waals surface area contributed by atoms with Crippen LogP contribution >= 0.6 is 0 Å². The molecule has 0 aromatic carbocycles. The summed E-state index contributed by atoms with van der Waals surface area (Å²) in [6.45, 7) is 6.02. The molecule has 0 atom stereocenters. The summed E-state index contributed by atoms with van der Waals surface area (Å²) in [5.74, 6) is 1.94. The number of nitrogens with zero attached hydrogens (tertiary/aromatic N) is 4. The van der Waals surface area contributed by atoms with E-state index in [9.17, 15) is 0 Å². The van der Waals surface area contributed by atoms with Crippen molar-refractivity contribution in [1.29, 1.82) is 0 Å². The normalized spacial score (nSPS) is 10.4. The molecule has 0 bridgehead atoms. The van der Waals surface area contributed by atoms with E-state index in [0.717, 1.165) is 37.6 Å². The number of pyridine rings is 1. The van der Waals surface area contributed by atoms with Gasteiger partial charge in [-0.25, -0.2) is 9.97 Å². The van der Waals surface area contributed by atoms with E-state index in [-0.39, 0.29) is 0 Å². The SMILES string of the molecule is CCCNc1ncnc(N(C)Cc2ccncc2)c1CC. The molecule has 0 fully saturated rings. The van der Waals surface area contributed by atoms with Gasteiger partial charge in [-0.05, 0) is 30.5 Å². The van der Waals surface area contributed by atoms with Crippen molar-refractivity contribution < 1.29 is 0 Å². The fraction of sp³-hybridized carbons (Fsp3) is 0.438. The number of nitrogens with one attached hydrogen (secondary N) is 1. The number of anilines is 2. The molecule has 0 saturated carbocycles. The van der Waals surface area contributed by atoms with Gasteiger partial charge in [0.05, 0.1) is 0 Å². The van der Waals surface area contributed by atoms with Crippen molar-refractivity contribution in [3.8, 4) is 0 Å². The minimum Gasteiger partial charge on any atom is -0.370 e. The van der Waals surface area contributed by atoms with E-state index in [4.69, 9.17) is 0 Å². The largest absolute Gasteiger partial charge is 0.370 e. The van der Waals surface area contributed by atoms with E-state index in [2.05, 4.69) is 46.1 Å². The molecule has 2 rings (SSSR count). The van der Waals surface area contributed by atoms with E-state index >= 15 is 0 Å². The van der Waals surface area contributed by atoms with Gasteiger partial charge in [-0.3, -0.25) is 4.98 Å². The Morgan fingerprint density at radius 1 is 1.14 bits per heavy atom. The zero-order chi connectivity index (χ0) is 15.1. The van der Waals surface area contributed by atoms with Gasteiger partial charge in [0, 0.05) is 38.1 Å². The van der Waals surface area contributed by atoms with E-state index < -0.39 is 0 Å². The topological polar surface area (TPSA) is 53.9 Å². The highest BCUT2D eigenvalue weighted by molar-refractivity contribution is 5.58. The van der Waals surface area contributed by atoms with E-state index in [1.165, 1.54) is 11.1 Å². The van der Waals surface area contributed by atoms with Crippen molar-refractivity contribution in [2.45, 2.75) is 33.2 Å². The summed E-state index contributed by atoms with van der Waals surface area (Å²) >= 11 is 0. The van der Waals surface area contributed by atoms with Crippen LogP contribution in [0.5, 0.6) is 0 Å². The lowest BCUT2D eigenvalue weighted by Gasteiger charge is -2.22. The van der Waals surface area contributed by atoms with Crippen LogP contribution in [0, 0.1) is 0 Å². The van der Waals surface area contributed by atoms with Gasteiger partial charge < -0.3 is 10.2 Å². The maximum absolute atomic E-state index is 4.47. The average molecular weight is 285 g/mol. The summed E-state index contributed by atoms with van der Waals surface area (Å²) < 4.78 is 0. The number of hydrogen-bond acceptors (Lipinski definition) is 5. The number of hydrogen-bond donors (Lipinski definition) is 1. The quantitative estimate of drug-likeness (QED) is 0.847. The lowest BCUT2D eigenvalue weighted by atomic mass is 10.2. The second-order valence-corrected chi connectivity index (χ2v) is 5.02. The Morgan fingerprint density at radius 3 is 2.57 bits per heavy atom. The van der Waals surface area contributed by atoms with Gasteiger partial charge in [0.25, 0.3) is 0 Å². The Kier molecular flexibility index (Phi) is 5.49. The Bertz CT molecular complexity index is 556. The zero-order valence-electron chi connectivity index (χ0n) is 13.0. The summed E-state index contributed by atoms with van der Waals surface area (Å²) in [6.07, 6.45) is 7.25. The van der Waals surface area contributed by atoms with Crippen LogP contribution in [0.3, 0.4) is 0 Å². The maximum Gasteiger partial charge on any atom is 0.137 e. The highest BCUT2D eigenvalue weighted by atomic mass is 15.2. The van der Waals surface area contributed by atoms with Crippen molar-refractivity contribution in [3.63, 3.8) is 0 Å². The fourth-order valence-electron chi connectivity index (χ4n) is 2.29. The second-order valence-electron chi connectivity index (χ2n) is 5.02. The van der Waals surface area contributed by atoms with Crippen LogP contribution in [0.15, 0.2) is 30.9 Å². The van der Waals surface area contributed by atoms with Crippen LogP contribution in [0.4, 0.5) is 11.6 Å². The minimum atomic E-state index is 0.805. The second kappa shape index (κ2) is 7.57. The van der Waals surface area contributed by atoms with Gasteiger partial charge in [-0.15, -0.1) is 0 Å². The molecule has 2 heterocycles. The summed E-state index contributed by atoms with van der Waals surface area (Å²) in [4.78, 5) is 15.1. The van der Waals surface area contributed by atoms with Gasteiger partial charge in [-0.2, -0.15) is 0 Å². The molecule has 1 N–H and O–H groups in total. The van der Waals surface area contributed by atoms with Crippen LogP contribution in [0.1, 0.15) is 31.4 Å². The summed E-state index contributed by atoms with van der Waals surface area (Å²) in [5, 5.41) is 3.39. The van der Waals surface area contributed by atoms with Gasteiger partial charge in [0.2, 0.25) is 0 Å². The third-order valence-corrected chi connectivity index (χ3v) is 3.35. The van der Waals surface area contributed by atoms with Crippen LogP contribution < -0.4 is 10.2 Å². The molecule has 0 amide bonds. The van der Waals surface area contributed by atoms with Crippen molar-refractivity contribution in [3.05, 3.63) is 42.0 Å². The standard InChI is InChI=1S/C16H23N5/c1-4-8-18-15-14(5-2)16(20-12-19-15)21(3)11-13-6-9-17-10-7-13/h6-7,9-10,12H,4-5,8,11H2,1-3H3,(H,18,19,20). The molecule has 21 heavy (non-hydrogen) atoms. The van der Waals surface area contributed by atoms with E-state index in [0.29, 0.717) is 0 Å². The molecular weight excluding hydrogens is 262 g/mol. The fourth-order valence-corrected chi connectivity index (χ4v) is 2.29. The van der Waals surface area contributed by atoms with Crippen LogP contribution in [0.25, 0.3) is 0 Å². The van der Waals surface area contributed by atoms with Crippen molar-refractivity contribution in [2.75, 3.05) is 23.8 Å². The smallest absolute Gasteiger partial charge is 0.137 e. The first-order valence-corrected chi connectivity index (χ1v) is 7.44. The maximum atomic E-state index is 4.47. The summed E-state index contributed by atoms with van der Waals surface area (Å²) in [7, 11) is 2.06. The molecule has 112 valence electrons. The predicted molar refractivity (Wildman–Crippen MR) is 86.5 cm³/mol. The third-order valence-electron chi connectivity index (χ3n) is 3.35. The van der Waals surface area contributed by atoms with Crippen LogP contribution in [-0.4, -0.2) is 28.5 Å². The molecule has 0 radical (unpaired) electrons. The molecule has 0 spiro atoms. The van der Waals surface area contributed by atoms with Gasteiger partial charge in [0.15, 0.2) is 0 Å². The Hall–Kier alpha value is -2.17. The summed E-state index contributed by atoms with van der Waals surface area (Å²) in [6, 6.07) is 4.05. The lowest BCUT2D eigenvalue weighted by Crippen LogP contribution is -2.20. The van der Waals surface area contributed by atoms with Crippen LogP contribution in [-0.2, 0) is 13.0 Å². The van der Waals surface area contributed by atoms with Crippen molar-refractivity contribution >= 4 is 11.6 Å². The number of rotatable bonds is 7. The molecular formula is C16H23N5. The van der Waals surface area contributed by atoms with Gasteiger partial charge in [-0.1, -0.05) is 13.8 Å². The first-order valence-electron chi connectivity index (χ1n) is 7.44. The van der Waals surface area contributed by atoms with Gasteiger partial charge in [0.1, 0.15) is 18.0 Å². The Balaban J connectivity index is 2.21. The monoisotopic (exact) mass is 285 g/mol. The van der Waals surface area contributed by atoms with Crippen molar-refractivity contribution in [1.82, 2.24) is 15.0 Å². The average Bonchev–Trinajstić information content (AvgIpc) is 2.53. The molecule has 0 unspecified atom stereocenters. The predicted octanol–water partition coefficient (Wildman–Crippen LogP) is 2.89. The van der Waals surface area contributed by atoms with Crippen LogP contribution in [0.2, 0.25) is 0 Å². The molecule has 5 heteroatoms. The van der Waals surface area contributed by atoms with E-state index in [1.807, 2.05) is 24.5 Å². The molecule has 2 aromatic rings. The summed E-state index contributed by atoms with van der Waals surface area (Å²) in [5.41, 5.74) is 2.39. The molecule has 2 aromatic heterocycles. The first-order chi connectivity index (χ1) is 10.3. The molecule has 5 nitrogen and oxygen atoms in total. The van der Waals surface area contributed by atoms with E-state index in [1.54, 1.807) is 6.33 Å². The first kappa shape index (κ1) is 15.2. The molecule has 0 saturated heterocycles. The molecule has 0 aliphatic rings. The number of aromatic nitrogens is 3. The highest BCUT2D eigenvalue weighted by Crippen LogP contribution is 2.24. The molecule has 0 aliphatic carbocycles. The minimum absolute atomic E-state index is 0.805. The molecule has 0 aliphatic heterocycles. The van der Waals surface area contributed by atoms with Gasteiger partial charge >= 0.3 is 0 Å². The van der Waals surface area contributed by atoms with Crippen molar-refractivity contribution in [2.24, 2.45) is 0 Å².